The molecule has 3 heteroatoms. The molecule has 1 aliphatic rings. The molecule has 1 aromatic carbocycles. The van der Waals surface area contributed by atoms with Crippen molar-refractivity contribution in [2.75, 3.05) is 13.1 Å². The Morgan fingerprint density at radius 1 is 1.47 bits per heavy atom. The molecule has 2 aromatic rings. The quantitative estimate of drug-likeness (QED) is 0.858. The van der Waals surface area contributed by atoms with E-state index in [0.29, 0.717) is 18.1 Å². The van der Waals surface area contributed by atoms with Gasteiger partial charge in [0.05, 0.1) is 0 Å². The Morgan fingerprint density at radius 2 is 2.37 bits per heavy atom. The Labute approximate surface area is 113 Å². The molecule has 1 N–H and O–H groups in total. The summed E-state index contributed by atoms with van der Waals surface area (Å²) < 4.78 is 5.73. The van der Waals surface area contributed by atoms with Crippen molar-refractivity contribution < 1.29 is 9.21 Å². The lowest BCUT2D eigenvalue weighted by atomic mass is 9.93. The largest absolute Gasteiger partial charge is 0.453 e. The van der Waals surface area contributed by atoms with Gasteiger partial charge in [0.1, 0.15) is 5.58 Å². The van der Waals surface area contributed by atoms with Crippen LogP contribution in [0.1, 0.15) is 35.4 Å². The van der Waals surface area contributed by atoms with Gasteiger partial charge in [-0.05, 0) is 50.4 Å². The molecule has 3 rings (SSSR count). The van der Waals surface area contributed by atoms with Gasteiger partial charge >= 0.3 is 0 Å². The fraction of sp³-hybridized carbons (Fsp3) is 0.438. The number of fused-ring (bicyclic) bond motifs is 1. The maximum Gasteiger partial charge on any atom is 0.198 e. The van der Waals surface area contributed by atoms with Crippen LogP contribution in [0, 0.1) is 12.8 Å². The number of furan rings is 1. The first-order valence-electron chi connectivity index (χ1n) is 6.97. The van der Waals surface area contributed by atoms with Gasteiger partial charge in [-0.2, -0.15) is 0 Å². The van der Waals surface area contributed by atoms with Gasteiger partial charge < -0.3 is 9.73 Å². The van der Waals surface area contributed by atoms with Crippen LogP contribution >= 0.6 is 0 Å². The fourth-order valence-corrected chi connectivity index (χ4v) is 2.81. The highest BCUT2D eigenvalue weighted by Crippen LogP contribution is 2.25. The molecule has 19 heavy (non-hydrogen) atoms. The van der Waals surface area contributed by atoms with E-state index in [-0.39, 0.29) is 5.78 Å². The van der Waals surface area contributed by atoms with E-state index < -0.39 is 0 Å². The van der Waals surface area contributed by atoms with Crippen LogP contribution in [0.25, 0.3) is 11.0 Å². The molecule has 3 nitrogen and oxygen atoms in total. The van der Waals surface area contributed by atoms with Crippen molar-refractivity contribution in [2.45, 2.75) is 26.2 Å². The number of carbonyl (C=O) groups is 1. The summed E-state index contributed by atoms with van der Waals surface area (Å²) in [7, 11) is 0. The number of nitrogens with one attached hydrogen (secondary N) is 1. The van der Waals surface area contributed by atoms with Crippen LogP contribution in [0.3, 0.4) is 0 Å². The Morgan fingerprint density at radius 3 is 3.11 bits per heavy atom. The predicted molar refractivity (Wildman–Crippen MR) is 75.5 cm³/mol. The minimum absolute atomic E-state index is 0.129. The molecule has 1 aromatic heterocycles. The first kappa shape index (κ1) is 12.4. The van der Waals surface area contributed by atoms with Crippen LogP contribution in [0.5, 0.6) is 0 Å². The summed E-state index contributed by atoms with van der Waals surface area (Å²) in [6, 6.07) is 7.86. The Bertz CT molecular complexity index is 594. The van der Waals surface area contributed by atoms with Crippen molar-refractivity contribution in [3.8, 4) is 0 Å². The zero-order chi connectivity index (χ0) is 13.2. The van der Waals surface area contributed by atoms with Gasteiger partial charge in [-0.25, -0.2) is 0 Å². The second kappa shape index (κ2) is 5.17. The van der Waals surface area contributed by atoms with E-state index in [0.717, 1.165) is 42.5 Å². The summed E-state index contributed by atoms with van der Waals surface area (Å²) >= 11 is 0. The van der Waals surface area contributed by atoms with Gasteiger partial charge in [0.2, 0.25) is 0 Å². The van der Waals surface area contributed by atoms with Crippen LogP contribution in [-0.2, 0) is 0 Å². The molecular formula is C16H19NO2. The van der Waals surface area contributed by atoms with E-state index in [9.17, 15) is 4.79 Å². The van der Waals surface area contributed by atoms with Gasteiger partial charge in [0.15, 0.2) is 11.5 Å². The average Bonchev–Trinajstić information content (AvgIpc) is 2.85. The van der Waals surface area contributed by atoms with Crippen LogP contribution in [0.4, 0.5) is 0 Å². The molecule has 1 atom stereocenters. The summed E-state index contributed by atoms with van der Waals surface area (Å²) in [5.41, 5.74) is 1.92. The molecule has 2 heterocycles. The maximum absolute atomic E-state index is 12.3. The number of hydrogen-bond acceptors (Lipinski definition) is 3. The molecule has 0 amide bonds. The third-order valence-electron chi connectivity index (χ3n) is 3.89. The van der Waals surface area contributed by atoms with Crippen LogP contribution < -0.4 is 5.32 Å². The van der Waals surface area contributed by atoms with E-state index >= 15 is 0 Å². The third-order valence-corrected chi connectivity index (χ3v) is 3.89. The molecular weight excluding hydrogens is 238 g/mol. The number of ketones is 1. The first-order chi connectivity index (χ1) is 9.24. The number of para-hydroxylation sites is 1. The lowest BCUT2D eigenvalue weighted by Gasteiger charge is -2.21. The highest BCUT2D eigenvalue weighted by atomic mass is 16.3. The summed E-state index contributed by atoms with van der Waals surface area (Å²) in [4.78, 5) is 12.3. The molecule has 1 saturated heterocycles. The zero-order valence-electron chi connectivity index (χ0n) is 11.2. The lowest BCUT2D eigenvalue weighted by molar-refractivity contribution is 0.0928. The third kappa shape index (κ3) is 2.56. The number of aryl methyl sites for hydroxylation is 1. The molecule has 1 aliphatic heterocycles. The summed E-state index contributed by atoms with van der Waals surface area (Å²) in [6.07, 6.45) is 2.89. The van der Waals surface area contributed by atoms with E-state index in [1.165, 1.54) is 0 Å². The molecule has 0 radical (unpaired) electrons. The Balaban J connectivity index is 1.79. The number of Topliss-reactive ketones (excluding diaryl/α,β-unsaturated/α-hetero) is 1. The van der Waals surface area contributed by atoms with Crippen molar-refractivity contribution in [2.24, 2.45) is 5.92 Å². The smallest absolute Gasteiger partial charge is 0.198 e. The van der Waals surface area contributed by atoms with Crippen molar-refractivity contribution in [1.82, 2.24) is 5.32 Å². The van der Waals surface area contributed by atoms with Gasteiger partial charge in [0.25, 0.3) is 0 Å². The molecule has 1 fully saturated rings. The standard InChI is InChI=1S/C16H19NO2/c1-11-4-2-6-13-9-15(19-16(11)13)14(18)8-12-5-3-7-17-10-12/h2,4,6,9,12,17H,3,5,7-8,10H2,1H3. The van der Waals surface area contributed by atoms with Crippen molar-refractivity contribution in [3.63, 3.8) is 0 Å². The van der Waals surface area contributed by atoms with E-state index in [1.54, 1.807) is 0 Å². The van der Waals surface area contributed by atoms with E-state index in [1.807, 2.05) is 31.2 Å². The minimum Gasteiger partial charge on any atom is -0.453 e. The SMILES string of the molecule is Cc1cccc2cc(C(=O)CC3CCCNC3)oc12. The molecule has 0 saturated carbocycles. The molecule has 0 aliphatic carbocycles. The lowest BCUT2D eigenvalue weighted by Crippen LogP contribution is -2.31. The number of benzene rings is 1. The van der Waals surface area contributed by atoms with Crippen molar-refractivity contribution in [3.05, 3.63) is 35.6 Å². The topological polar surface area (TPSA) is 42.2 Å². The van der Waals surface area contributed by atoms with E-state index in [4.69, 9.17) is 4.42 Å². The highest BCUT2D eigenvalue weighted by molar-refractivity contribution is 5.98. The monoisotopic (exact) mass is 257 g/mol. The molecule has 0 spiro atoms. The highest BCUT2D eigenvalue weighted by Gasteiger charge is 2.20. The Kier molecular flexibility index (Phi) is 3.38. The van der Waals surface area contributed by atoms with Crippen molar-refractivity contribution >= 4 is 16.8 Å². The number of rotatable bonds is 3. The number of carbonyl (C=O) groups excluding carboxylic acids is 1. The normalized spacial score (nSPS) is 19.7. The molecule has 0 bridgehead atoms. The summed E-state index contributed by atoms with van der Waals surface area (Å²) in [5, 5.41) is 4.36. The fourth-order valence-electron chi connectivity index (χ4n) is 2.81. The Hall–Kier alpha value is -1.61. The summed E-state index contributed by atoms with van der Waals surface area (Å²) in [5.74, 6) is 1.09. The minimum atomic E-state index is 0.129. The van der Waals surface area contributed by atoms with Crippen LogP contribution in [0.2, 0.25) is 0 Å². The maximum atomic E-state index is 12.3. The van der Waals surface area contributed by atoms with Crippen molar-refractivity contribution in [1.29, 1.82) is 0 Å². The van der Waals surface area contributed by atoms with Gasteiger partial charge in [-0.3, -0.25) is 4.79 Å². The average molecular weight is 257 g/mol. The second-order valence-electron chi connectivity index (χ2n) is 5.44. The zero-order valence-corrected chi connectivity index (χ0v) is 11.2. The number of piperidine rings is 1. The van der Waals surface area contributed by atoms with Gasteiger partial charge in [0, 0.05) is 11.8 Å². The number of hydrogen-bond donors (Lipinski definition) is 1. The predicted octanol–water partition coefficient (Wildman–Crippen LogP) is 3.31. The van der Waals surface area contributed by atoms with Crippen LogP contribution in [0.15, 0.2) is 28.7 Å². The molecule has 100 valence electrons. The molecule has 1 unspecified atom stereocenters. The first-order valence-corrected chi connectivity index (χ1v) is 6.97. The summed E-state index contributed by atoms with van der Waals surface area (Å²) in [6.45, 7) is 4.03. The van der Waals surface area contributed by atoms with E-state index in [2.05, 4.69) is 5.32 Å². The van der Waals surface area contributed by atoms with Gasteiger partial charge in [-0.1, -0.05) is 18.2 Å². The van der Waals surface area contributed by atoms with Crippen LogP contribution in [-0.4, -0.2) is 18.9 Å². The second-order valence-corrected chi connectivity index (χ2v) is 5.44. The van der Waals surface area contributed by atoms with Gasteiger partial charge in [-0.15, -0.1) is 0 Å².